The molecule has 1 N–H and O–H groups in total. The number of amides is 1. The minimum atomic E-state index is -1.32. The van der Waals surface area contributed by atoms with Crippen molar-refractivity contribution in [2.75, 3.05) is 6.61 Å². The second kappa shape index (κ2) is 6.97. The van der Waals surface area contributed by atoms with E-state index in [1.54, 1.807) is 13.8 Å². The van der Waals surface area contributed by atoms with E-state index in [4.69, 9.17) is 4.74 Å². The highest BCUT2D eigenvalue weighted by molar-refractivity contribution is 5.80. The Kier molecular flexibility index (Phi) is 4.74. The van der Waals surface area contributed by atoms with Gasteiger partial charge in [-0.3, -0.25) is 0 Å². The summed E-state index contributed by atoms with van der Waals surface area (Å²) in [4.78, 5) is 23.1. The number of alkyl carbamates (subject to hydrolysis) is 1. The highest BCUT2D eigenvalue weighted by Gasteiger charge is 2.29. The van der Waals surface area contributed by atoms with E-state index in [1.807, 2.05) is 36.4 Å². The van der Waals surface area contributed by atoms with Crippen LogP contribution in [0.5, 0.6) is 0 Å². The van der Waals surface area contributed by atoms with Crippen LogP contribution in [0.4, 0.5) is 4.79 Å². The van der Waals surface area contributed by atoms with Gasteiger partial charge < -0.3 is 20.0 Å². The van der Waals surface area contributed by atoms with Crippen molar-refractivity contribution in [2.24, 2.45) is 5.92 Å². The van der Waals surface area contributed by atoms with Crippen LogP contribution in [0.1, 0.15) is 30.9 Å². The van der Waals surface area contributed by atoms with E-state index in [0.29, 0.717) is 0 Å². The molecule has 0 bridgehead atoms. The molecule has 5 nitrogen and oxygen atoms in total. The second-order valence-electron chi connectivity index (χ2n) is 6.51. The smallest absolute Gasteiger partial charge is 0.407 e. The summed E-state index contributed by atoms with van der Waals surface area (Å²) in [5, 5.41) is 13.4. The van der Waals surface area contributed by atoms with E-state index in [-0.39, 0.29) is 18.4 Å². The standard InChI is InChI=1S/C20H21NO4/c1-12(2)18(19(22)23)21-20(24)25-11-17-15-9-5-3-7-13(15)14-8-4-6-10-16(14)17/h3-10,12,17-18H,11H2,1-2H3,(H,21,24)(H,22,23)/p-1/t18-/m1/s1. The molecule has 0 fully saturated rings. The SMILES string of the molecule is CC(C)[C@@H](NC(=O)OCC1c2ccccc2-c2ccccc21)C(=O)[O-]. The molecule has 130 valence electrons. The zero-order valence-electron chi connectivity index (χ0n) is 14.2. The maximum atomic E-state index is 12.0. The van der Waals surface area contributed by atoms with Crippen molar-refractivity contribution in [3.8, 4) is 11.1 Å². The lowest BCUT2D eigenvalue weighted by Gasteiger charge is -2.23. The lowest BCUT2D eigenvalue weighted by Crippen LogP contribution is -2.51. The average Bonchev–Trinajstić information content (AvgIpc) is 2.91. The fourth-order valence-electron chi connectivity index (χ4n) is 3.26. The Labute approximate surface area is 146 Å². The first-order chi connectivity index (χ1) is 12.0. The van der Waals surface area contributed by atoms with Gasteiger partial charge in [0.05, 0.1) is 12.0 Å². The van der Waals surface area contributed by atoms with E-state index < -0.39 is 18.1 Å². The van der Waals surface area contributed by atoms with Crippen LogP contribution in [-0.4, -0.2) is 24.7 Å². The monoisotopic (exact) mass is 338 g/mol. The van der Waals surface area contributed by atoms with E-state index >= 15 is 0 Å². The molecule has 1 aliphatic carbocycles. The largest absolute Gasteiger partial charge is 0.548 e. The molecule has 25 heavy (non-hydrogen) atoms. The molecular weight excluding hydrogens is 318 g/mol. The molecule has 3 rings (SSSR count). The maximum Gasteiger partial charge on any atom is 0.407 e. The first-order valence-corrected chi connectivity index (χ1v) is 8.31. The van der Waals surface area contributed by atoms with Gasteiger partial charge in [-0.15, -0.1) is 0 Å². The van der Waals surface area contributed by atoms with Crippen molar-refractivity contribution >= 4 is 12.1 Å². The van der Waals surface area contributed by atoms with Gasteiger partial charge in [-0.25, -0.2) is 4.79 Å². The second-order valence-corrected chi connectivity index (χ2v) is 6.51. The number of benzene rings is 2. The van der Waals surface area contributed by atoms with Crippen LogP contribution < -0.4 is 10.4 Å². The number of carboxylic acid groups (broad SMARTS) is 1. The Bertz CT molecular complexity index is 754. The molecule has 0 saturated carbocycles. The van der Waals surface area contributed by atoms with Gasteiger partial charge in [-0.2, -0.15) is 0 Å². The molecule has 1 amide bonds. The first kappa shape index (κ1) is 17.0. The molecule has 1 aliphatic rings. The van der Waals surface area contributed by atoms with Crippen LogP contribution in [0.3, 0.4) is 0 Å². The van der Waals surface area contributed by atoms with Gasteiger partial charge in [0.25, 0.3) is 0 Å². The van der Waals surface area contributed by atoms with Crippen LogP contribution in [0.15, 0.2) is 48.5 Å². The number of aliphatic carboxylic acids is 1. The third-order valence-corrected chi connectivity index (χ3v) is 4.54. The predicted octanol–water partition coefficient (Wildman–Crippen LogP) is 2.30. The third kappa shape index (κ3) is 3.36. The molecule has 2 aromatic rings. The number of carbonyl (C=O) groups excluding carboxylic acids is 2. The van der Waals surface area contributed by atoms with Crippen LogP contribution in [-0.2, 0) is 9.53 Å². The van der Waals surface area contributed by atoms with E-state index in [0.717, 1.165) is 22.3 Å². The topological polar surface area (TPSA) is 78.5 Å². The van der Waals surface area contributed by atoms with Crippen molar-refractivity contribution in [3.63, 3.8) is 0 Å². The van der Waals surface area contributed by atoms with Crippen LogP contribution in [0, 0.1) is 5.92 Å². The number of rotatable bonds is 5. The lowest BCUT2D eigenvalue weighted by atomic mass is 9.98. The molecule has 0 aliphatic heterocycles. The first-order valence-electron chi connectivity index (χ1n) is 8.31. The Hall–Kier alpha value is -2.82. The zero-order valence-corrected chi connectivity index (χ0v) is 14.2. The van der Waals surface area contributed by atoms with Gasteiger partial charge in [0.2, 0.25) is 0 Å². The van der Waals surface area contributed by atoms with E-state index in [1.165, 1.54) is 0 Å². The summed E-state index contributed by atoms with van der Waals surface area (Å²) in [7, 11) is 0. The Morgan fingerprint density at radius 1 is 1.04 bits per heavy atom. The fourth-order valence-corrected chi connectivity index (χ4v) is 3.26. The van der Waals surface area contributed by atoms with Gasteiger partial charge in [0, 0.05) is 5.92 Å². The van der Waals surface area contributed by atoms with Crippen molar-refractivity contribution in [1.82, 2.24) is 5.32 Å². The number of nitrogens with one attached hydrogen (secondary N) is 1. The van der Waals surface area contributed by atoms with Crippen LogP contribution in [0.2, 0.25) is 0 Å². The van der Waals surface area contributed by atoms with Gasteiger partial charge in [-0.1, -0.05) is 62.4 Å². The molecule has 0 radical (unpaired) electrons. The molecule has 1 atom stereocenters. The summed E-state index contributed by atoms with van der Waals surface area (Å²) in [6.07, 6.45) is -0.746. The van der Waals surface area contributed by atoms with Crippen LogP contribution in [0.25, 0.3) is 11.1 Å². The molecule has 2 aromatic carbocycles. The molecule has 0 aromatic heterocycles. The number of carbonyl (C=O) groups is 2. The van der Waals surface area contributed by atoms with Crippen molar-refractivity contribution in [3.05, 3.63) is 59.7 Å². The van der Waals surface area contributed by atoms with Gasteiger partial charge in [0.1, 0.15) is 6.61 Å². The van der Waals surface area contributed by atoms with Gasteiger partial charge in [-0.05, 0) is 28.2 Å². The van der Waals surface area contributed by atoms with E-state index in [9.17, 15) is 14.7 Å². The normalized spacial score (nSPS) is 13.9. The number of hydrogen-bond donors (Lipinski definition) is 1. The average molecular weight is 338 g/mol. The summed E-state index contributed by atoms with van der Waals surface area (Å²) in [6, 6.07) is 15.0. The quantitative estimate of drug-likeness (QED) is 0.907. The fraction of sp³-hybridized carbons (Fsp3) is 0.300. The molecule has 0 spiro atoms. The third-order valence-electron chi connectivity index (χ3n) is 4.54. The lowest BCUT2D eigenvalue weighted by molar-refractivity contribution is -0.309. The van der Waals surface area contributed by atoms with Gasteiger partial charge in [0.15, 0.2) is 0 Å². The predicted molar refractivity (Wildman–Crippen MR) is 91.8 cm³/mol. The molecule has 0 heterocycles. The summed E-state index contributed by atoms with van der Waals surface area (Å²) in [5.41, 5.74) is 4.50. The Balaban J connectivity index is 1.73. The maximum absolute atomic E-state index is 12.0. The minimum absolute atomic E-state index is 0.0568. The van der Waals surface area contributed by atoms with Crippen LogP contribution >= 0.6 is 0 Å². The Morgan fingerprint density at radius 2 is 1.56 bits per heavy atom. The highest BCUT2D eigenvalue weighted by atomic mass is 16.5. The molecular formula is C20H20NO4-. The van der Waals surface area contributed by atoms with Gasteiger partial charge >= 0.3 is 6.09 Å². The Morgan fingerprint density at radius 3 is 2.04 bits per heavy atom. The number of ether oxygens (including phenoxy) is 1. The summed E-state index contributed by atoms with van der Waals surface area (Å²) in [6.45, 7) is 3.55. The molecule has 5 heteroatoms. The molecule has 0 unspecified atom stereocenters. The van der Waals surface area contributed by atoms with Crippen molar-refractivity contribution < 1.29 is 19.4 Å². The van der Waals surface area contributed by atoms with E-state index in [2.05, 4.69) is 17.4 Å². The summed E-state index contributed by atoms with van der Waals surface area (Å²) >= 11 is 0. The number of hydrogen-bond acceptors (Lipinski definition) is 4. The zero-order chi connectivity index (χ0) is 18.0. The summed E-state index contributed by atoms with van der Waals surface area (Å²) in [5.74, 6) is -1.66. The summed E-state index contributed by atoms with van der Waals surface area (Å²) < 4.78 is 5.33. The van der Waals surface area contributed by atoms with Crippen molar-refractivity contribution in [2.45, 2.75) is 25.8 Å². The van der Waals surface area contributed by atoms with Crippen molar-refractivity contribution in [1.29, 1.82) is 0 Å². The molecule has 0 saturated heterocycles. The minimum Gasteiger partial charge on any atom is -0.548 e. The number of carboxylic acids is 1. The number of fused-ring (bicyclic) bond motifs is 3. The highest BCUT2D eigenvalue weighted by Crippen LogP contribution is 2.44.